The van der Waals surface area contributed by atoms with E-state index in [1.165, 1.54) is 0 Å². The first-order chi connectivity index (χ1) is 10.7. The van der Waals surface area contributed by atoms with Crippen LogP contribution in [0.1, 0.15) is 24.0 Å². The van der Waals surface area contributed by atoms with Crippen molar-refractivity contribution < 1.29 is 20.0 Å². The Kier molecular flexibility index (Phi) is 3.09. The molecule has 2 N–H and O–H groups in total. The largest absolute Gasteiger partial charge is 0.387 e. The number of hydrogen-bond acceptors (Lipinski definition) is 4. The molecule has 5 rings (SSSR count). The van der Waals surface area contributed by atoms with Crippen LogP contribution < -0.4 is 0 Å². The summed E-state index contributed by atoms with van der Waals surface area (Å²) in [6, 6.07) is 18.9. The number of rotatable bonds is 2. The minimum atomic E-state index is -1.04. The van der Waals surface area contributed by atoms with Crippen LogP contribution in [0.5, 0.6) is 0 Å². The van der Waals surface area contributed by atoms with Crippen LogP contribution in [0.2, 0.25) is 0 Å². The molecule has 0 radical (unpaired) electrons. The molecule has 2 saturated heterocycles. The fraction of sp³-hybridized carbons (Fsp3) is 0.333. The van der Waals surface area contributed by atoms with Gasteiger partial charge in [0.1, 0.15) is 12.2 Å². The molecule has 4 nitrogen and oxygen atoms in total. The van der Waals surface area contributed by atoms with Gasteiger partial charge in [-0.1, -0.05) is 60.7 Å². The second-order valence-electron chi connectivity index (χ2n) is 6.07. The van der Waals surface area contributed by atoms with Gasteiger partial charge in [-0.05, 0) is 24.0 Å². The van der Waals surface area contributed by atoms with Crippen LogP contribution in [-0.4, -0.2) is 22.4 Å². The van der Waals surface area contributed by atoms with Crippen molar-refractivity contribution in [1.82, 2.24) is 0 Å². The van der Waals surface area contributed by atoms with E-state index in [1.54, 1.807) is 0 Å². The normalized spacial score (nSPS) is 37.2. The van der Waals surface area contributed by atoms with E-state index in [9.17, 15) is 10.2 Å². The topological polar surface area (TPSA) is 58.9 Å². The van der Waals surface area contributed by atoms with Gasteiger partial charge in [0.05, 0.1) is 0 Å². The van der Waals surface area contributed by atoms with E-state index < -0.39 is 23.4 Å². The molecule has 2 bridgehead atoms. The smallest absolute Gasteiger partial charge is 0.157 e. The average Bonchev–Trinajstić information content (AvgIpc) is 2.61. The van der Waals surface area contributed by atoms with Gasteiger partial charge in [-0.3, -0.25) is 0 Å². The van der Waals surface area contributed by atoms with Crippen molar-refractivity contribution in [2.75, 3.05) is 0 Å². The van der Waals surface area contributed by atoms with E-state index in [-0.39, 0.29) is 0 Å². The Morgan fingerprint density at radius 3 is 1.36 bits per heavy atom. The lowest BCUT2D eigenvalue weighted by atomic mass is 9.66. The summed E-state index contributed by atoms with van der Waals surface area (Å²) >= 11 is 0. The summed E-state index contributed by atoms with van der Waals surface area (Å²) in [5.41, 5.74) is -0.361. The maximum absolute atomic E-state index is 10.7. The summed E-state index contributed by atoms with van der Waals surface area (Å²) in [4.78, 5) is 11.4. The van der Waals surface area contributed by atoms with Crippen molar-refractivity contribution >= 4 is 0 Å². The summed E-state index contributed by atoms with van der Waals surface area (Å²) in [5.74, 6) is 0. The molecule has 4 heteroatoms. The standard InChI is InChI=1S/C18H18O4/c19-15-16(20)18(14-9-5-2-6-10-14)12-11-17(15,21-22-18)13-7-3-1-4-8-13/h1-10,15-16,19-20H,11-12H2/t15-,16+,17+,18-. The maximum atomic E-state index is 10.7. The fourth-order valence-electron chi connectivity index (χ4n) is 3.67. The van der Waals surface area contributed by atoms with Gasteiger partial charge in [0.25, 0.3) is 0 Å². The maximum Gasteiger partial charge on any atom is 0.157 e. The van der Waals surface area contributed by atoms with Crippen LogP contribution in [0, 0.1) is 0 Å². The molecule has 0 spiro atoms. The summed E-state index contributed by atoms with van der Waals surface area (Å²) in [7, 11) is 0. The van der Waals surface area contributed by atoms with E-state index in [0.717, 1.165) is 11.1 Å². The molecule has 3 aliphatic rings. The molecule has 1 aliphatic carbocycles. The number of benzene rings is 2. The molecule has 114 valence electrons. The lowest BCUT2D eigenvalue weighted by Crippen LogP contribution is -2.67. The highest BCUT2D eigenvalue weighted by molar-refractivity contribution is 5.33. The van der Waals surface area contributed by atoms with Gasteiger partial charge >= 0.3 is 0 Å². The fourth-order valence-corrected chi connectivity index (χ4v) is 3.67. The number of aliphatic hydroxyl groups is 2. The van der Waals surface area contributed by atoms with E-state index in [4.69, 9.17) is 9.78 Å². The van der Waals surface area contributed by atoms with E-state index >= 15 is 0 Å². The third-order valence-electron chi connectivity index (χ3n) is 4.99. The second kappa shape index (κ2) is 4.89. The zero-order valence-electron chi connectivity index (χ0n) is 12.1. The Morgan fingerprint density at radius 1 is 0.682 bits per heavy atom. The van der Waals surface area contributed by atoms with Crippen LogP contribution in [0.25, 0.3) is 0 Å². The van der Waals surface area contributed by atoms with Crippen molar-refractivity contribution in [2.45, 2.75) is 36.3 Å². The van der Waals surface area contributed by atoms with Gasteiger partial charge in [-0.15, -0.1) is 0 Å². The van der Waals surface area contributed by atoms with Crippen molar-refractivity contribution in [3.63, 3.8) is 0 Å². The SMILES string of the molecule is O[C@@H]1[C@H](O)[C@]2(c3ccccc3)CC[C@@]1(c1ccccc1)OO2. The van der Waals surface area contributed by atoms with E-state index in [2.05, 4.69) is 0 Å². The summed E-state index contributed by atoms with van der Waals surface area (Å²) in [6.07, 6.45) is -0.913. The van der Waals surface area contributed by atoms with E-state index in [0.29, 0.717) is 12.8 Å². The predicted octanol–water partition coefficient (Wildman–Crippen LogP) is 2.25. The highest BCUT2D eigenvalue weighted by atomic mass is 17.2. The van der Waals surface area contributed by atoms with Crippen LogP contribution in [-0.2, 0) is 21.0 Å². The molecule has 0 aromatic heterocycles. The monoisotopic (exact) mass is 298 g/mol. The zero-order valence-corrected chi connectivity index (χ0v) is 12.1. The predicted molar refractivity (Wildman–Crippen MR) is 79.7 cm³/mol. The first kappa shape index (κ1) is 13.9. The first-order valence-electron chi connectivity index (χ1n) is 7.53. The molecule has 22 heavy (non-hydrogen) atoms. The highest BCUT2D eigenvalue weighted by Gasteiger charge is 2.64. The summed E-state index contributed by atoms with van der Waals surface area (Å²) in [6.45, 7) is 0. The third kappa shape index (κ3) is 1.72. The van der Waals surface area contributed by atoms with E-state index in [1.807, 2.05) is 60.7 Å². The Balaban J connectivity index is 1.76. The molecule has 4 atom stereocenters. The van der Waals surface area contributed by atoms with Crippen molar-refractivity contribution in [3.8, 4) is 0 Å². The molecule has 2 aromatic rings. The Labute approximate surface area is 128 Å². The van der Waals surface area contributed by atoms with Crippen molar-refractivity contribution in [3.05, 3.63) is 71.8 Å². The minimum Gasteiger partial charge on any atom is -0.387 e. The Bertz CT molecular complexity index is 588. The van der Waals surface area contributed by atoms with Gasteiger partial charge in [-0.2, -0.15) is 0 Å². The summed E-state index contributed by atoms with van der Waals surface area (Å²) < 4.78 is 0. The molecule has 2 aliphatic heterocycles. The van der Waals surface area contributed by atoms with Crippen LogP contribution in [0.3, 0.4) is 0 Å². The summed E-state index contributed by atoms with van der Waals surface area (Å²) in [5, 5.41) is 21.5. The Hall–Kier alpha value is -1.72. The third-order valence-corrected chi connectivity index (χ3v) is 4.99. The van der Waals surface area contributed by atoms with Crippen LogP contribution in [0.4, 0.5) is 0 Å². The van der Waals surface area contributed by atoms with Crippen molar-refractivity contribution in [1.29, 1.82) is 0 Å². The first-order valence-corrected chi connectivity index (χ1v) is 7.53. The van der Waals surface area contributed by atoms with Gasteiger partial charge in [0.15, 0.2) is 11.2 Å². The molecule has 1 saturated carbocycles. The molecule has 0 amide bonds. The average molecular weight is 298 g/mol. The molecule has 3 fully saturated rings. The quantitative estimate of drug-likeness (QED) is 0.835. The molecule has 0 unspecified atom stereocenters. The van der Waals surface area contributed by atoms with Gasteiger partial charge < -0.3 is 10.2 Å². The molecule has 2 aromatic carbocycles. The minimum absolute atomic E-state index is 0.587. The van der Waals surface area contributed by atoms with Crippen LogP contribution >= 0.6 is 0 Å². The molecule has 2 heterocycles. The molecular weight excluding hydrogens is 280 g/mol. The molecular formula is C18H18O4. The zero-order chi connectivity index (χ0) is 15.2. The number of fused-ring (bicyclic) bond motifs is 3. The highest BCUT2D eigenvalue weighted by Crippen LogP contribution is 2.55. The second-order valence-corrected chi connectivity index (χ2v) is 6.07. The van der Waals surface area contributed by atoms with Crippen LogP contribution in [0.15, 0.2) is 60.7 Å². The Morgan fingerprint density at radius 2 is 1.05 bits per heavy atom. The lowest BCUT2D eigenvalue weighted by Gasteiger charge is -2.56. The van der Waals surface area contributed by atoms with Gasteiger partial charge in [0, 0.05) is 0 Å². The van der Waals surface area contributed by atoms with Gasteiger partial charge in [-0.25, -0.2) is 9.78 Å². The number of aliphatic hydroxyl groups excluding tert-OH is 2. The van der Waals surface area contributed by atoms with Crippen molar-refractivity contribution in [2.24, 2.45) is 0 Å². The van der Waals surface area contributed by atoms with Gasteiger partial charge in [0.2, 0.25) is 0 Å². The number of hydrogen-bond donors (Lipinski definition) is 2. The lowest BCUT2D eigenvalue weighted by molar-refractivity contribution is -0.516.